The second-order valence-corrected chi connectivity index (χ2v) is 5.65. The topological polar surface area (TPSA) is 0 Å². The summed E-state index contributed by atoms with van der Waals surface area (Å²) < 4.78 is 1.42. The van der Waals surface area contributed by atoms with Crippen molar-refractivity contribution in [2.45, 2.75) is 79.1 Å². The van der Waals surface area contributed by atoms with Gasteiger partial charge in [-0.25, -0.2) is 0 Å². The van der Waals surface area contributed by atoms with Crippen molar-refractivity contribution in [3.05, 3.63) is 0 Å². The molecule has 0 aromatic rings. The maximum Gasteiger partial charge on any atom is 0.0786 e. The van der Waals surface area contributed by atoms with E-state index in [0.717, 1.165) is 0 Å². The van der Waals surface area contributed by atoms with Crippen LogP contribution in [0.4, 0.5) is 14.1 Å². The van der Waals surface area contributed by atoms with Crippen LogP contribution in [0.25, 0.3) is 0 Å². The van der Waals surface area contributed by atoms with E-state index < -0.39 is 0 Å². The first-order valence-electron chi connectivity index (χ1n) is 8.09. The Morgan fingerprint density at radius 2 is 0.682 bits per heavy atom. The number of halogens is 4. The molecule has 0 atom stereocenters. The molecule has 0 heterocycles. The van der Waals surface area contributed by atoms with Gasteiger partial charge in [0.25, 0.3) is 0 Å². The molecule has 0 rings (SSSR count). The van der Waals surface area contributed by atoms with E-state index in [4.69, 9.17) is 0 Å². The lowest BCUT2D eigenvalue weighted by molar-refractivity contribution is -0.929. The Kier molecular flexibility index (Phi) is 44.1. The number of rotatable bonds is 12. The largest absolute Gasteiger partial charge is 1.00 e. The smallest absolute Gasteiger partial charge is 0.0786 e. The van der Waals surface area contributed by atoms with Gasteiger partial charge in [-0.1, -0.05) is 53.4 Å². The molecule has 3 radical (unpaired) electrons. The molecule has 0 fully saturated rings. The molecule has 0 N–H and O–H groups in total. The first-order valence-corrected chi connectivity index (χ1v) is 8.09. The van der Waals surface area contributed by atoms with Crippen LogP contribution in [0, 0.1) is 0 Å². The van der Waals surface area contributed by atoms with Gasteiger partial charge in [-0.15, -0.1) is 0 Å². The third-order valence-corrected chi connectivity index (χ3v) is 3.94. The quantitative estimate of drug-likeness (QED) is 0.292. The Bertz CT molecular complexity index is 137. The average Bonchev–Trinajstić information content (AvgIpc) is 2.37. The number of hydrogen-bond acceptors (Lipinski definition) is 0. The summed E-state index contributed by atoms with van der Waals surface area (Å²) >= 11 is 0. The summed E-state index contributed by atoms with van der Waals surface area (Å²) in [6, 6.07) is 0. The van der Waals surface area contributed by atoms with E-state index in [2.05, 4.69) is 27.7 Å². The fraction of sp³-hybridized carbons (Fsp3) is 1.00. The second-order valence-electron chi connectivity index (χ2n) is 5.65. The molecule has 6 heteroatoms. The number of unbranched alkanes of at least 4 members (excludes halogenated alkanes) is 4. The van der Waals surface area contributed by atoms with Crippen LogP contribution < -0.4 is 4.70 Å². The summed E-state index contributed by atoms with van der Waals surface area (Å²) in [6.07, 6.45) is 11.1. The van der Waals surface area contributed by atoms with Crippen LogP contribution in [-0.4, -0.2) is 39.1 Å². The van der Waals surface area contributed by atoms with E-state index >= 15 is 0 Å². The third-order valence-electron chi connectivity index (χ3n) is 3.94. The standard InChI is InChI=1S/C16H36N.B.4FH/c1-5-9-13-17(14-10-6-2,15-11-7-3)16-12-8-4;;;;;/h5-16H2,1-4H3;;4*1H/q+1;;;;;/p-1. The maximum atomic E-state index is 2.33. The van der Waals surface area contributed by atoms with Crippen molar-refractivity contribution in [3.8, 4) is 0 Å². The van der Waals surface area contributed by atoms with Crippen LogP contribution in [0.2, 0.25) is 0 Å². The molecule has 139 valence electrons. The maximum absolute atomic E-state index is 2.33. The molecule has 0 aliphatic rings. The zero-order valence-electron chi connectivity index (χ0n) is 15.1. The van der Waals surface area contributed by atoms with Gasteiger partial charge in [0.05, 0.1) is 26.2 Å². The molecule has 0 amide bonds. The molecule has 22 heavy (non-hydrogen) atoms. The fourth-order valence-electron chi connectivity index (χ4n) is 2.64. The molecule has 0 saturated carbocycles. The van der Waals surface area contributed by atoms with Crippen LogP contribution in [0.15, 0.2) is 0 Å². The first-order chi connectivity index (χ1) is 8.24. The van der Waals surface area contributed by atoms with Crippen molar-refractivity contribution in [3.63, 3.8) is 0 Å². The zero-order valence-corrected chi connectivity index (χ0v) is 15.1. The summed E-state index contributed by atoms with van der Waals surface area (Å²) in [5, 5.41) is 0. The predicted molar refractivity (Wildman–Crippen MR) is 92.6 cm³/mol. The van der Waals surface area contributed by atoms with E-state index in [1.54, 1.807) is 0 Å². The van der Waals surface area contributed by atoms with Gasteiger partial charge in [0.1, 0.15) is 0 Å². The summed E-state index contributed by atoms with van der Waals surface area (Å²) in [7, 11) is 0. The van der Waals surface area contributed by atoms with Crippen molar-refractivity contribution in [2.75, 3.05) is 26.2 Å². The highest BCUT2D eigenvalue weighted by Gasteiger charge is 2.24. The van der Waals surface area contributed by atoms with Crippen molar-refractivity contribution >= 4 is 8.41 Å². The van der Waals surface area contributed by atoms with Gasteiger partial charge in [-0.3, -0.25) is 14.1 Å². The lowest BCUT2D eigenvalue weighted by Gasteiger charge is -2.39. The van der Waals surface area contributed by atoms with Crippen LogP contribution >= 0.6 is 0 Å². The average molecular weight is 332 g/mol. The van der Waals surface area contributed by atoms with Gasteiger partial charge in [-0.2, -0.15) is 0 Å². The SMILES string of the molecule is CCCC[N+](CCCC)(CCCC)CCCC.F.F.F.[B].[F-]. The Balaban J connectivity index is -0.000000128. The Morgan fingerprint density at radius 3 is 0.818 bits per heavy atom. The Hall–Kier alpha value is -0.255. The molecule has 0 aromatic heterocycles. The molecular formula is C16H39BF4N. The minimum atomic E-state index is 0. The Morgan fingerprint density at radius 1 is 0.500 bits per heavy atom. The van der Waals surface area contributed by atoms with Gasteiger partial charge in [-0.05, 0) is 25.7 Å². The monoisotopic (exact) mass is 332 g/mol. The lowest BCUT2D eigenvalue weighted by Crippen LogP contribution is -3.00. The van der Waals surface area contributed by atoms with Crippen LogP contribution in [0.3, 0.4) is 0 Å². The minimum Gasteiger partial charge on any atom is -1.00 e. The van der Waals surface area contributed by atoms with E-state index in [1.807, 2.05) is 0 Å². The molecule has 0 aliphatic carbocycles. The van der Waals surface area contributed by atoms with Crippen LogP contribution in [0.5, 0.6) is 0 Å². The Labute approximate surface area is 137 Å². The predicted octanol–water partition coefficient (Wildman–Crippen LogP) is 2.08. The summed E-state index contributed by atoms with van der Waals surface area (Å²) in [4.78, 5) is 0. The molecular weight excluding hydrogens is 293 g/mol. The van der Waals surface area contributed by atoms with Gasteiger partial charge in [0.15, 0.2) is 0 Å². The molecule has 0 spiro atoms. The van der Waals surface area contributed by atoms with Gasteiger partial charge < -0.3 is 9.19 Å². The molecule has 0 saturated heterocycles. The lowest BCUT2D eigenvalue weighted by atomic mass is 10.1. The number of hydrogen-bond donors (Lipinski definition) is 0. The summed E-state index contributed by atoms with van der Waals surface area (Å²) in [6.45, 7) is 15.0. The van der Waals surface area contributed by atoms with Crippen molar-refractivity contribution in [2.24, 2.45) is 0 Å². The second kappa shape index (κ2) is 25.7. The third kappa shape index (κ3) is 17.8. The fourth-order valence-corrected chi connectivity index (χ4v) is 2.64. The van der Waals surface area contributed by atoms with Crippen LogP contribution in [-0.2, 0) is 0 Å². The minimum absolute atomic E-state index is 0. The van der Waals surface area contributed by atoms with Crippen molar-refractivity contribution in [1.29, 1.82) is 0 Å². The summed E-state index contributed by atoms with van der Waals surface area (Å²) in [5.41, 5.74) is 0. The molecule has 0 unspecified atom stereocenters. The molecule has 1 nitrogen and oxygen atoms in total. The van der Waals surface area contributed by atoms with Gasteiger partial charge >= 0.3 is 0 Å². The van der Waals surface area contributed by atoms with Crippen molar-refractivity contribution < 1.29 is 23.3 Å². The molecule has 0 aromatic carbocycles. The van der Waals surface area contributed by atoms with E-state index in [9.17, 15) is 0 Å². The van der Waals surface area contributed by atoms with Gasteiger partial charge in [0.2, 0.25) is 0 Å². The molecule has 0 aliphatic heterocycles. The van der Waals surface area contributed by atoms with Crippen molar-refractivity contribution in [1.82, 2.24) is 0 Å². The first kappa shape index (κ1) is 37.7. The number of nitrogens with zero attached hydrogens (tertiary/aromatic N) is 1. The van der Waals surface area contributed by atoms with E-state index in [1.165, 1.54) is 82.0 Å². The highest BCUT2D eigenvalue weighted by molar-refractivity contribution is 5.75. The highest BCUT2D eigenvalue weighted by Crippen LogP contribution is 2.16. The van der Waals surface area contributed by atoms with E-state index in [0.29, 0.717) is 0 Å². The van der Waals surface area contributed by atoms with E-state index in [-0.39, 0.29) is 27.2 Å². The molecule has 0 bridgehead atoms. The number of quaternary nitrogens is 1. The zero-order chi connectivity index (χ0) is 13.0. The van der Waals surface area contributed by atoms with Gasteiger partial charge in [0, 0.05) is 8.41 Å². The highest BCUT2D eigenvalue weighted by atomic mass is 19.0. The summed E-state index contributed by atoms with van der Waals surface area (Å²) in [5.74, 6) is 0. The van der Waals surface area contributed by atoms with Crippen LogP contribution in [0.1, 0.15) is 79.1 Å². The normalized spacial score (nSPS) is 9.27.